The number of hydrogen-bond acceptors (Lipinski definition) is 9. The molecule has 0 spiro atoms. The van der Waals surface area contributed by atoms with Crippen LogP contribution in [0.2, 0.25) is 0 Å². The van der Waals surface area contributed by atoms with Gasteiger partial charge >= 0.3 is 11.8 Å². The van der Waals surface area contributed by atoms with Crippen molar-refractivity contribution in [3.05, 3.63) is 103 Å². The van der Waals surface area contributed by atoms with Crippen LogP contribution in [-0.2, 0) is 6.54 Å². The molecule has 0 radical (unpaired) electrons. The lowest BCUT2D eigenvalue weighted by atomic mass is 10.0. The van der Waals surface area contributed by atoms with Crippen molar-refractivity contribution in [1.29, 1.82) is 0 Å². The van der Waals surface area contributed by atoms with Gasteiger partial charge in [-0.1, -0.05) is 48.5 Å². The summed E-state index contributed by atoms with van der Waals surface area (Å²) in [6, 6.07) is 23.6. The molecule has 38 heavy (non-hydrogen) atoms. The largest absolute Gasteiger partial charge is 0.412 e. The van der Waals surface area contributed by atoms with Gasteiger partial charge in [-0.3, -0.25) is 14.8 Å². The molecule has 0 aliphatic rings. The quantitative estimate of drug-likeness (QED) is 0.323. The number of fused-ring (bicyclic) bond motifs is 1. The number of nitrogens with two attached hydrogens (primary N) is 1. The maximum atomic E-state index is 11.4. The first-order valence-corrected chi connectivity index (χ1v) is 11.7. The minimum atomic E-state index is -0.802. The van der Waals surface area contributed by atoms with Crippen LogP contribution >= 0.6 is 0 Å². The Hall–Kier alpha value is -5.51. The summed E-state index contributed by atoms with van der Waals surface area (Å²) in [5.74, 6) is 0.156. The van der Waals surface area contributed by atoms with E-state index in [-0.39, 0.29) is 11.8 Å². The number of aromatic nitrogens is 6. The van der Waals surface area contributed by atoms with E-state index in [0.29, 0.717) is 29.3 Å². The van der Waals surface area contributed by atoms with Gasteiger partial charge in [-0.2, -0.15) is 0 Å². The molecule has 6 rings (SSSR count). The van der Waals surface area contributed by atoms with Gasteiger partial charge in [0.15, 0.2) is 5.82 Å². The van der Waals surface area contributed by atoms with Gasteiger partial charge in [0.1, 0.15) is 5.82 Å². The molecule has 0 aliphatic heterocycles. The standard InChI is InChI=1S/C28H20N8O2/c29-24(37)28-36-35-27(38-28)19-13-18(14-30-15-19)25-33-22-11-6-10-21(17-7-2-1-3-8-17)23(22)26(34-25)32-16-20-9-4-5-12-31-20/h1-15H,16H2,(H2,29,37)(H,32,33,34). The third kappa shape index (κ3) is 4.53. The molecular formula is C28H20N8O2. The number of primary amides is 1. The first-order chi connectivity index (χ1) is 18.7. The summed E-state index contributed by atoms with van der Waals surface area (Å²) >= 11 is 0. The van der Waals surface area contributed by atoms with Crippen LogP contribution in [-0.4, -0.2) is 36.0 Å². The Morgan fingerprint density at radius 2 is 1.71 bits per heavy atom. The smallest absolute Gasteiger partial charge is 0.306 e. The molecule has 10 heteroatoms. The van der Waals surface area contributed by atoms with Crippen LogP contribution in [0, 0.1) is 0 Å². The van der Waals surface area contributed by atoms with Crippen molar-refractivity contribution >= 4 is 22.6 Å². The maximum absolute atomic E-state index is 11.4. The van der Waals surface area contributed by atoms with Gasteiger partial charge in [0.05, 0.1) is 28.7 Å². The fraction of sp³-hybridized carbons (Fsp3) is 0.0357. The Labute approximate surface area is 216 Å². The molecule has 4 aromatic heterocycles. The summed E-state index contributed by atoms with van der Waals surface area (Å²) in [4.78, 5) is 29.9. The zero-order valence-electron chi connectivity index (χ0n) is 19.9. The van der Waals surface area contributed by atoms with Gasteiger partial charge in [0, 0.05) is 24.2 Å². The van der Waals surface area contributed by atoms with E-state index in [2.05, 4.69) is 43.7 Å². The van der Waals surface area contributed by atoms with Crippen molar-refractivity contribution < 1.29 is 9.21 Å². The van der Waals surface area contributed by atoms with E-state index < -0.39 is 5.91 Å². The van der Waals surface area contributed by atoms with Crippen molar-refractivity contribution in [3.8, 4) is 34.0 Å². The zero-order chi connectivity index (χ0) is 25.9. The van der Waals surface area contributed by atoms with E-state index in [1.54, 1.807) is 24.7 Å². The van der Waals surface area contributed by atoms with Crippen molar-refractivity contribution in [2.75, 3.05) is 5.32 Å². The van der Waals surface area contributed by atoms with Crippen LogP contribution in [0.3, 0.4) is 0 Å². The highest BCUT2D eigenvalue weighted by Gasteiger charge is 2.17. The molecule has 0 unspecified atom stereocenters. The van der Waals surface area contributed by atoms with Gasteiger partial charge in [0.25, 0.3) is 0 Å². The number of carbonyl (C=O) groups is 1. The molecule has 0 bridgehead atoms. The number of nitrogens with one attached hydrogen (secondary N) is 1. The first kappa shape index (κ1) is 22.9. The van der Waals surface area contributed by atoms with Crippen molar-refractivity contribution in [3.63, 3.8) is 0 Å². The van der Waals surface area contributed by atoms with Crippen molar-refractivity contribution in [1.82, 2.24) is 30.1 Å². The Balaban J connectivity index is 1.47. The third-order valence-electron chi connectivity index (χ3n) is 5.85. The predicted octanol–water partition coefficient (Wildman–Crippen LogP) is 4.51. The lowest BCUT2D eigenvalue weighted by molar-refractivity contribution is 0.0968. The Morgan fingerprint density at radius 3 is 2.50 bits per heavy atom. The second-order valence-electron chi connectivity index (χ2n) is 8.38. The molecule has 0 atom stereocenters. The van der Waals surface area contributed by atoms with Crippen LogP contribution in [0.4, 0.5) is 5.82 Å². The molecule has 1 amide bonds. The van der Waals surface area contributed by atoms with E-state index in [4.69, 9.17) is 20.1 Å². The van der Waals surface area contributed by atoms with Crippen LogP contribution in [0.25, 0.3) is 44.9 Å². The molecule has 3 N–H and O–H groups in total. The normalized spacial score (nSPS) is 10.9. The predicted molar refractivity (Wildman–Crippen MR) is 142 cm³/mol. The lowest BCUT2D eigenvalue weighted by Crippen LogP contribution is -2.10. The maximum Gasteiger partial charge on any atom is 0.306 e. The van der Waals surface area contributed by atoms with E-state index >= 15 is 0 Å². The summed E-state index contributed by atoms with van der Waals surface area (Å²) < 4.78 is 5.37. The lowest BCUT2D eigenvalue weighted by Gasteiger charge is -2.14. The summed E-state index contributed by atoms with van der Waals surface area (Å²) in [7, 11) is 0. The first-order valence-electron chi connectivity index (χ1n) is 11.7. The monoisotopic (exact) mass is 500 g/mol. The summed E-state index contributed by atoms with van der Waals surface area (Å²) in [5.41, 5.74) is 10.1. The van der Waals surface area contributed by atoms with E-state index in [0.717, 1.165) is 27.7 Å². The molecule has 10 nitrogen and oxygen atoms in total. The average Bonchev–Trinajstić information content (AvgIpc) is 3.48. The number of nitrogens with zero attached hydrogens (tertiary/aromatic N) is 6. The minimum Gasteiger partial charge on any atom is -0.412 e. The minimum absolute atomic E-state index is 0.119. The van der Waals surface area contributed by atoms with Crippen LogP contribution in [0.5, 0.6) is 0 Å². The molecular weight excluding hydrogens is 480 g/mol. The van der Waals surface area contributed by atoms with Crippen LogP contribution < -0.4 is 11.1 Å². The third-order valence-corrected chi connectivity index (χ3v) is 5.85. The molecule has 4 heterocycles. The number of hydrogen-bond donors (Lipinski definition) is 2. The van der Waals surface area contributed by atoms with Gasteiger partial charge in [-0.15, -0.1) is 10.2 Å². The summed E-state index contributed by atoms with van der Waals surface area (Å²) in [6.07, 6.45) is 4.96. The molecule has 0 aliphatic carbocycles. The second kappa shape index (κ2) is 9.86. The van der Waals surface area contributed by atoms with Crippen LogP contribution in [0.1, 0.15) is 16.4 Å². The van der Waals surface area contributed by atoms with Gasteiger partial charge < -0.3 is 15.5 Å². The molecule has 6 aromatic rings. The Bertz CT molecular complexity index is 1750. The Morgan fingerprint density at radius 1 is 0.868 bits per heavy atom. The molecule has 0 saturated heterocycles. The highest BCUT2D eigenvalue weighted by molar-refractivity contribution is 6.02. The van der Waals surface area contributed by atoms with Crippen LogP contribution in [0.15, 0.2) is 95.8 Å². The SMILES string of the molecule is NC(=O)c1nnc(-c2cncc(-c3nc(NCc4ccccn4)c4c(-c5ccccc5)cccc4n3)c2)o1. The topological polar surface area (TPSA) is 146 Å². The van der Waals surface area contributed by atoms with Gasteiger partial charge in [-0.05, 0) is 35.4 Å². The number of amides is 1. The number of rotatable bonds is 7. The molecule has 2 aromatic carbocycles. The molecule has 0 saturated carbocycles. The van der Waals surface area contributed by atoms with Gasteiger partial charge in [0.2, 0.25) is 5.89 Å². The molecule has 184 valence electrons. The summed E-state index contributed by atoms with van der Waals surface area (Å²) in [6.45, 7) is 0.478. The average molecular weight is 501 g/mol. The Kier molecular flexibility index (Phi) is 5.95. The fourth-order valence-corrected chi connectivity index (χ4v) is 4.09. The van der Waals surface area contributed by atoms with Crippen molar-refractivity contribution in [2.45, 2.75) is 6.54 Å². The number of pyridine rings is 2. The molecule has 0 fully saturated rings. The fourth-order valence-electron chi connectivity index (χ4n) is 4.09. The number of anilines is 1. The second-order valence-corrected chi connectivity index (χ2v) is 8.38. The van der Waals surface area contributed by atoms with E-state index in [9.17, 15) is 4.79 Å². The van der Waals surface area contributed by atoms with Crippen molar-refractivity contribution in [2.24, 2.45) is 5.73 Å². The summed E-state index contributed by atoms with van der Waals surface area (Å²) in [5, 5.41) is 11.9. The highest BCUT2D eigenvalue weighted by Crippen LogP contribution is 2.34. The highest BCUT2D eigenvalue weighted by atomic mass is 16.4. The number of carbonyl (C=O) groups excluding carboxylic acids is 1. The zero-order valence-corrected chi connectivity index (χ0v) is 19.9. The van der Waals surface area contributed by atoms with E-state index in [1.165, 1.54) is 0 Å². The van der Waals surface area contributed by atoms with Gasteiger partial charge in [-0.25, -0.2) is 9.97 Å². The number of benzene rings is 2. The van der Waals surface area contributed by atoms with E-state index in [1.807, 2.05) is 48.5 Å².